The number of hydrogen-bond acceptors (Lipinski definition) is 11. The van der Waals surface area contributed by atoms with E-state index in [4.69, 9.17) is 36.8 Å². The maximum Gasteiger partial charge on any atom is 0.340 e. The van der Waals surface area contributed by atoms with Crippen molar-refractivity contribution in [1.82, 2.24) is 9.44 Å². The fourth-order valence-corrected chi connectivity index (χ4v) is 6.23. The molecule has 0 saturated heterocycles. The summed E-state index contributed by atoms with van der Waals surface area (Å²) in [5, 5.41) is 15.0. The molecule has 0 amide bonds. The fourth-order valence-electron chi connectivity index (χ4n) is 3.68. The maximum absolute atomic E-state index is 12.0. The van der Waals surface area contributed by atoms with E-state index >= 15 is 0 Å². The molecule has 2 aromatic carbocycles. The van der Waals surface area contributed by atoms with Gasteiger partial charge in [0.05, 0.1) is 65.3 Å². The molecule has 5 N–H and O–H groups in total. The zero-order valence-electron chi connectivity index (χ0n) is 23.9. The van der Waals surface area contributed by atoms with E-state index in [-0.39, 0.29) is 43.2 Å². The van der Waals surface area contributed by atoms with Crippen LogP contribution < -0.4 is 20.1 Å². The lowest BCUT2D eigenvalue weighted by molar-refractivity contribution is 0.0600. The SMILES string of the molecule is CNS(=O)(=O)c1cc(C(=O)O)c(NCc2ccco2)cc1Cl.CNS(=O)(=O)c1cc(C(=O)OC)c(NCc2ccco2)cc1Cl. The molecule has 0 aliphatic carbocycles. The Bertz CT molecular complexity index is 1860. The minimum Gasteiger partial charge on any atom is -0.478 e. The van der Waals surface area contributed by atoms with Crippen molar-refractivity contribution >= 4 is 66.6 Å². The molecule has 45 heavy (non-hydrogen) atoms. The van der Waals surface area contributed by atoms with Crippen molar-refractivity contribution in [3.8, 4) is 0 Å². The lowest BCUT2D eigenvalue weighted by Crippen LogP contribution is -2.20. The molecule has 0 aliphatic rings. The van der Waals surface area contributed by atoms with Gasteiger partial charge in [-0.25, -0.2) is 35.9 Å². The summed E-state index contributed by atoms with van der Waals surface area (Å²) in [7, 11) is -3.97. The van der Waals surface area contributed by atoms with E-state index < -0.39 is 32.0 Å². The van der Waals surface area contributed by atoms with Crippen molar-refractivity contribution in [2.24, 2.45) is 0 Å². The zero-order chi connectivity index (χ0) is 33.4. The van der Waals surface area contributed by atoms with E-state index in [9.17, 15) is 31.5 Å². The van der Waals surface area contributed by atoms with Crippen LogP contribution in [-0.2, 0) is 37.9 Å². The predicted octanol–water partition coefficient (Wildman–Crippen LogP) is 4.39. The number of methoxy groups -OCH3 is 1. The first-order valence-corrected chi connectivity index (χ1v) is 16.3. The van der Waals surface area contributed by atoms with E-state index in [1.807, 2.05) is 0 Å². The topological polar surface area (TPSA) is 206 Å². The van der Waals surface area contributed by atoms with Gasteiger partial charge in [0.25, 0.3) is 0 Å². The summed E-state index contributed by atoms with van der Waals surface area (Å²) < 4.78 is 66.8. The van der Waals surface area contributed by atoms with Crippen LogP contribution in [0.15, 0.2) is 79.7 Å². The number of carbonyl (C=O) groups is 2. The fraction of sp³-hybridized carbons (Fsp3) is 0.185. The molecule has 18 heteroatoms. The normalized spacial score (nSPS) is 11.3. The Kier molecular flexibility index (Phi) is 12.0. The summed E-state index contributed by atoms with van der Waals surface area (Å²) in [5.41, 5.74) is 0.388. The Morgan fingerprint density at radius 3 is 1.56 bits per heavy atom. The molecule has 4 rings (SSSR count). The molecular weight excluding hydrogens is 675 g/mol. The van der Waals surface area contributed by atoms with Crippen LogP contribution in [0, 0.1) is 0 Å². The number of carbonyl (C=O) groups excluding carboxylic acids is 1. The van der Waals surface area contributed by atoms with Gasteiger partial charge in [0.15, 0.2) is 0 Å². The smallest absolute Gasteiger partial charge is 0.340 e. The van der Waals surface area contributed by atoms with E-state index in [1.165, 1.54) is 51.9 Å². The molecule has 0 radical (unpaired) electrons. The molecule has 0 saturated carbocycles. The highest BCUT2D eigenvalue weighted by atomic mass is 35.5. The van der Waals surface area contributed by atoms with Gasteiger partial charge in [-0.3, -0.25) is 0 Å². The number of hydrogen-bond donors (Lipinski definition) is 5. The largest absolute Gasteiger partial charge is 0.478 e. The maximum atomic E-state index is 12.0. The number of aromatic carboxylic acids is 1. The monoisotopic (exact) mass is 702 g/mol. The van der Waals surface area contributed by atoms with Gasteiger partial charge in [-0.15, -0.1) is 0 Å². The highest BCUT2D eigenvalue weighted by molar-refractivity contribution is 7.89. The lowest BCUT2D eigenvalue weighted by Gasteiger charge is -2.13. The van der Waals surface area contributed by atoms with Gasteiger partial charge in [0.2, 0.25) is 20.0 Å². The van der Waals surface area contributed by atoms with Crippen molar-refractivity contribution in [3.05, 3.63) is 93.7 Å². The van der Waals surface area contributed by atoms with Gasteiger partial charge >= 0.3 is 11.9 Å². The zero-order valence-corrected chi connectivity index (χ0v) is 27.0. The van der Waals surface area contributed by atoms with Crippen LogP contribution in [0.1, 0.15) is 32.2 Å². The minimum atomic E-state index is -3.85. The molecule has 0 fully saturated rings. The van der Waals surface area contributed by atoms with E-state index in [0.717, 1.165) is 6.07 Å². The summed E-state index contributed by atoms with van der Waals surface area (Å²) in [5.74, 6) is -0.717. The molecule has 242 valence electrons. The number of furan rings is 2. The molecule has 2 heterocycles. The number of sulfonamides is 2. The number of carboxylic acids is 1. The number of rotatable bonds is 12. The van der Waals surface area contributed by atoms with Crippen molar-refractivity contribution in [1.29, 1.82) is 0 Å². The molecule has 0 atom stereocenters. The average Bonchev–Trinajstić information content (AvgIpc) is 3.73. The van der Waals surface area contributed by atoms with Crippen LogP contribution in [0.2, 0.25) is 10.0 Å². The van der Waals surface area contributed by atoms with E-state index in [0.29, 0.717) is 23.8 Å². The molecule has 4 aromatic rings. The first-order chi connectivity index (χ1) is 21.2. The summed E-state index contributed by atoms with van der Waals surface area (Å²) in [6.07, 6.45) is 3.01. The minimum absolute atomic E-state index is 0.0195. The Labute approximate surface area is 268 Å². The van der Waals surface area contributed by atoms with Gasteiger partial charge in [0.1, 0.15) is 21.3 Å². The number of nitrogens with one attached hydrogen (secondary N) is 4. The molecule has 0 spiro atoms. The second-order valence-electron chi connectivity index (χ2n) is 8.73. The highest BCUT2D eigenvalue weighted by Gasteiger charge is 2.23. The van der Waals surface area contributed by atoms with Crippen molar-refractivity contribution in [2.75, 3.05) is 31.8 Å². The quantitative estimate of drug-likeness (QED) is 0.130. The van der Waals surface area contributed by atoms with Crippen molar-refractivity contribution in [2.45, 2.75) is 22.9 Å². The van der Waals surface area contributed by atoms with Crippen molar-refractivity contribution < 1.29 is 45.1 Å². The first-order valence-electron chi connectivity index (χ1n) is 12.6. The second kappa shape index (κ2) is 15.3. The number of esters is 1. The van der Waals surface area contributed by atoms with Crippen LogP contribution in [0.3, 0.4) is 0 Å². The Balaban J connectivity index is 0.000000246. The lowest BCUT2D eigenvalue weighted by atomic mass is 10.1. The van der Waals surface area contributed by atoms with E-state index in [2.05, 4.69) is 20.1 Å². The standard InChI is InChI=1S/C14H15ClN2O5S.C13H13ClN2O5S/c1-16-23(19,20)13-6-10(14(18)21-2)12(7-11(13)15)17-8-9-4-3-5-22-9;1-15-22(19,20)12-5-9(13(17)18)11(6-10(12)14)16-7-8-3-2-4-21-8/h3-7,16-17H,8H2,1-2H3;2-6,15-16H,7H2,1H3,(H,17,18). The third-order valence-electron chi connectivity index (χ3n) is 5.96. The average molecular weight is 704 g/mol. The summed E-state index contributed by atoms with van der Waals surface area (Å²) in [6, 6.07) is 11.7. The van der Waals surface area contributed by atoms with Crippen LogP contribution >= 0.6 is 23.2 Å². The molecule has 0 aliphatic heterocycles. The van der Waals surface area contributed by atoms with Crippen molar-refractivity contribution in [3.63, 3.8) is 0 Å². The van der Waals surface area contributed by atoms with Crippen LogP contribution in [0.5, 0.6) is 0 Å². The second-order valence-corrected chi connectivity index (χ2v) is 13.3. The number of carboxylic acid groups (broad SMARTS) is 1. The summed E-state index contributed by atoms with van der Waals surface area (Å²) in [4.78, 5) is 22.8. The number of benzene rings is 2. The summed E-state index contributed by atoms with van der Waals surface area (Å²) >= 11 is 12.0. The predicted molar refractivity (Wildman–Crippen MR) is 166 cm³/mol. The van der Waals surface area contributed by atoms with Gasteiger partial charge in [-0.05, 0) is 62.6 Å². The van der Waals surface area contributed by atoms with Gasteiger partial charge in [-0.1, -0.05) is 23.2 Å². The van der Waals surface area contributed by atoms with Crippen LogP contribution in [-0.4, -0.2) is 55.1 Å². The van der Waals surface area contributed by atoms with Gasteiger partial charge < -0.3 is 29.3 Å². The molecular formula is C27H28Cl2N4O10S2. The Morgan fingerprint density at radius 2 is 1.20 bits per heavy atom. The third-order valence-corrected chi connectivity index (χ3v) is 9.72. The highest BCUT2D eigenvalue weighted by Crippen LogP contribution is 2.31. The molecule has 0 unspecified atom stereocenters. The van der Waals surface area contributed by atoms with E-state index in [1.54, 1.807) is 24.3 Å². The third kappa shape index (κ3) is 9.00. The summed E-state index contributed by atoms with van der Waals surface area (Å²) in [6.45, 7) is 0.535. The van der Waals surface area contributed by atoms with Crippen LogP contribution in [0.25, 0.3) is 0 Å². The Hall–Kier alpha value is -4.06. The first kappa shape index (κ1) is 35.4. The molecule has 2 aromatic heterocycles. The number of ether oxygens (including phenoxy) is 1. The molecule has 0 bridgehead atoms. The van der Waals surface area contributed by atoms with Crippen LogP contribution in [0.4, 0.5) is 11.4 Å². The Morgan fingerprint density at radius 1 is 0.778 bits per heavy atom. The number of halogens is 2. The molecule has 14 nitrogen and oxygen atoms in total. The number of anilines is 2. The van der Waals surface area contributed by atoms with Gasteiger partial charge in [0, 0.05) is 0 Å². The van der Waals surface area contributed by atoms with Gasteiger partial charge in [-0.2, -0.15) is 0 Å².